The fourth-order valence-electron chi connectivity index (χ4n) is 1.28. The standard InChI is InChI=1S/C12H15N3O3/c1-2-18-12(17)8-3-5-9(6-4-8)15-11(16)7-10(13)14/h3-6H,2,7H2,1H3,(H3,13,14)(H,15,16). The van der Waals surface area contributed by atoms with Crippen molar-refractivity contribution in [2.75, 3.05) is 11.9 Å². The largest absolute Gasteiger partial charge is 0.462 e. The minimum absolute atomic E-state index is 0.153. The number of nitrogens with two attached hydrogens (primary N) is 1. The van der Waals surface area contributed by atoms with Gasteiger partial charge in [-0.05, 0) is 31.2 Å². The van der Waals surface area contributed by atoms with E-state index in [4.69, 9.17) is 15.9 Å². The van der Waals surface area contributed by atoms with E-state index in [1.54, 1.807) is 31.2 Å². The zero-order chi connectivity index (χ0) is 13.5. The fraction of sp³-hybridized carbons (Fsp3) is 0.250. The number of esters is 1. The van der Waals surface area contributed by atoms with E-state index in [2.05, 4.69) is 5.32 Å². The van der Waals surface area contributed by atoms with Gasteiger partial charge in [-0.25, -0.2) is 4.79 Å². The molecule has 0 aromatic heterocycles. The first-order valence-corrected chi connectivity index (χ1v) is 5.43. The van der Waals surface area contributed by atoms with Crippen LogP contribution in [-0.2, 0) is 9.53 Å². The van der Waals surface area contributed by atoms with Gasteiger partial charge in [0.2, 0.25) is 5.91 Å². The predicted octanol–water partition coefficient (Wildman–Crippen LogP) is 1.13. The Morgan fingerprint density at radius 2 is 1.94 bits per heavy atom. The predicted molar refractivity (Wildman–Crippen MR) is 67.6 cm³/mol. The van der Waals surface area contributed by atoms with Crippen molar-refractivity contribution in [3.8, 4) is 0 Å². The second kappa shape index (κ2) is 6.39. The smallest absolute Gasteiger partial charge is 0.338 e. The van der Waals surface area contributed by atoms with Crippen LogP contribution in [0.1, 0.15) is 23.7 Å². The summed E-state index contributed by atoms with van der Waals surface area (Å²) in [4.78, 5) is 22.7. The third kappa shape index (κ3) is 4.25. The van der Waals surface area contributed by atoms with Crippen LogP contribution in [0.3, 0.4) is 0 Å². The number of rotatable bonds is 5. The number of amides is 1. The van der Waals surface area contributed by atoms with Crippen LogP contribution in [0.5, 0.6) is 0 Å². The number of ether oxygens (including phenoxy) is 1. The Bertz CT molecular complexity index is 454. The van der Waals surface area contributed by atoms with Gasteiger partial charge >= 0.3 is 5.97 Å². The van der Waals surface area contributed by atoms with Gasteiger partial charge in [-0.15, -0.1) is 0 Å². The Hall–Kier alpha value is -2.37. The van der Waals surface area contributed by atoms with Crippen LogP contribution < -0.4 is 11.1 Å². The molecule has 6 nitrogen and oxygen atoms in total. The first-order chi connectivity index (χ1) is 8.52. The summed E-state index contributed by atoms with van der Waals surface area (Å²) in [6.07, 6.45) is -0.153. The number of hydrogen-bond donors (Lipinski definition) is 3. The van der Waals surface area contributed by atoms with Crippen LogP contribution in [0.2, 0.25) is 0 Å². The van der Waals surface area contributed by atoms with Crippen LogP contribution in [0.15, 0.2) is 24.3 Å². The number of carbonyl (C=O) groups excluding carboxylic acids is 2. The van der Waals surface area contributed by atoms with E-state index in [9.17, 15) is 9.59 Å². The van der Waals surface area contributed by atoms with Crippen LogP contribution >= 0.6 is 0 Å². The Morgan fingerprint density at radius 1 is 1.33 bits per heavy atom. The highest BCUT2D eigenvalue weighted by molar-refractivity contribution is 6.04. The third-order valence-corrected chi connectivity index (χ3v) is 2.03. The Labute approximate surface area is 105 Å². The van der Waals surface area contributed by atoms with Gasteiger partial charge in [-0.2, -0.15) is 0 Å². The molecule has 0 aliphatic carbocycles. The maximum absolute atomic E-state index is 11.4. The number of anilines is 1. The Morgan fingerprint density at radius 3 is 2.44 bits per heavy atom. The van der Waals surface area contributed by atoms with E-state index >= 15 is 0 Å². The Kier molecular flexibility index (Phi) is 4.86. The molecule has 6 heteroatoms. The molecular weight excluding hydrogens is 234 g/mol. The molecule has 1 amide bonds. The number of hydrogen-bond acceptors (Lipinski definition) is 4. The van der Waals surface area contributed by atoms with Gasteiger partial charge < -0.3 is 15.8 Å². The molecule has 1 aromatic rings. The number of amidine groups is 1. The first-order valence-electron chi connectivity index (χ1n) is 5.43. The van der Waals surface area contributed by atoms with Crippen molar-refractivity contribution in [3.05, 3.63) is 29.8 Å². The molecule has 0 radical (unpaired) electrons. The summed E-state index contributed by atoms with van der Waals surface area (Å²) in [5.74, 6) is -0.971. The molecule has 0 aliphatic heterocycles. The van der Waals surface area contributed by atoms with Gasteiger partial charge in [0.15, 0.2) is 0 Å². The second-order valence-corrected chi connectivity index (χ2v) is 3.55. The van der Waals surface area contributed by atoms with Crippen molar-refractivity contribution in [2.45, 2.75) is 13.3 Å². The Balaban J connectivity index is 2.63. The number of nitrogens with one attached hydrogen (secondary N) is 2. The maximum Gasteiger partial charge on any atom is 0.338 e. The second-order valence-electron chi connectivity index (χ2n) is 3.55. The lowest BCUT2D eigenvalue weighted by molar-refractivity contribution is -0.115. The molecule has 0 heterocycles. The van der Waals surface area contributed by atoms with Crippen molar-refractivity contribution in [3.63, 3.8) is 0 Å². The number of carbonyl (C=O) groups is 2. The summed E-state index contributed by atoms with van der Waals surface area (Å²) in [6.45, 7) is 2.05. The minimum atomic E-state index is -0.404. The van der Waals surface area contributed by atoms with E-state index < -0.39 is 5.97 Å². The molecule has 96 valence electrons. The van der Waals surface area contributed by atoms with Gasteiger partial charge in [0.1, 0.15) is 5.84 Å². The normalized spacial score (nSPS) is 9.61. The van der Waals surface area contributed by atoms with Crippen molar-refractivity contribution < 1.29 is 14.3 Å². The molecule has 0 spiro atoms. The lowest BCUT2D eigenvalue weighted by Crippen LogP contribution is -2.20. The van der Waals surface area contributed by atoms with Crippen molar-refractivity contribution in [1.29, 1.82) is 5.41 Å². The van der Waals surface area contributed by atoms with Crippen LogP contribution in [-0.4, -0.2) is 24.3 Å². The summed E-state index contributed by atoms with van der Waals surface area (Å²) in [6, 6.07) is 6.29. The SMILES string of the molecule is CCOC(=O)c1ccc(NC(=O)CC(=N)N)cc1. The molecule has 0 atom stereocenters. The minimum Gasteiger partial charge on any atom is -0.462 e. The fourth-order valence-corrected chi connectivity index (χ4v) is 1.28. The molecule has 0 unspecified atom stereocenters. The average molecular weight is 249 g/mol. The lowest BCUT2D eigenvalue weighted by atomic mass is 10.2. The molecule has 0 aliphatic rings. The molecule has 4 N–H and O–H groups in total. The summed E-state index contributed by atoms with van der Waals surface area (Å²) >= 11 is 0. The van der Waals surface area contributed by atoms with Crippen LogP contribution in [0.4, 0.5) is 5.69 Å². The van der Waals surface area contributed by atoms with Crippen molar-refractivity contribution in [1.82, 2.24) is 0 Å². The zero-order valence-corrected chi connectivity index (χ0v) is 10.0. The highest BCUT2D eigenvalue weighted by Crippen LogP contribution is 2.10. The molecule has 0 fully saturated rings. The lowest BCUT2D eigenvalue weighted by Gasteiger charge is -2.05. The highest BCUT2D eigenvalue weighted by Gasteiger charge is 2.07. The summed E-state index contributed by atoms with van der Waals surface area (Å²) in [5.41, 5.74) is 6.06. The third-order valence-electron chi connectivity index (χ3n) is 2.03. The average Bonchev–Trinajstić information content (AvgIpc) is 2.29. The van der Waals surface area contributed by atoms with E-state index in [1.165, 1.54) is 0 Å². The van der Waals surface area contributed by atoms with E-state index in [1.807, 2.05) is 0 Å². The summed E-state index contributed by atoms with van der Waals surface area (Å²) in [7, 11) is 0. The van der Waals surface area contributed by atoms with Gasteiger partial charge in [-0.3, -0.25) is 10.2 Å². The quantitative estimate of drug-likeness (QED) is 0.413. The molecule has 1 aromatic carbocycles. The molecule has 0 bridgehead atoms. The highest BCUT2D eigenvalue weighted by atomic mass is 16.5. The molecule has 0 saturated heterocycles. The molecule has 18 heavy (non-hydrogen) atoms. The zero-order valence-electron chi connectivity index (χ0n) is 10.0. The van der Waals surface area contributed by atoms with Gasteiger partial charge in [-0.1, -0.05) is 0 Å². The molecule has 1 rings (SSSR count). The maximum atomic E-state index is 11.4. The van der Waals surface area contributed by atoms with Gasteiger partial charge in [0, 0.05) is 5.69 Å². The number of benzene rings is 1. The van der Waals surface area contributed by atoms with E-state index in [0.717, 1.165) is 0 Å². The van der Waals surface area contributed by atoms with Gasteiger partial charge in [0.05, 0.1) is 18.6 Å². The summed E-state index contributed by atoms with van der Waals surface area (Å²) < 4.78 is 4.83. The van der Waals surface area contributed by atoms with Crippen LogP contribution in [0.25, 0.3) is 0 Å². The first kappa shape index (κ1) is 13.7. The molecule has 0 saturated carbocycles. The van der Waals surface area contributed by atoms with Gasteiger partial charge in [0.25, 0.3) is 0 Å². The van der Waals surface area contributed by atoms with E-state index in [-0.39, 0.29) is 18.2 Å². The monoisotopic (exact) mass is 249 g/mol. The van der Waals surface area contributed by atoms with Crippen molar-refractivity contribution >= 4 is 23.4 Å². The van der Waals surface area contributed by atoms with E-state index in [0.29, 0.717) is 17.9 Å². The molecular formula is C12H15N3O3. The topological polar surface area (TPSA) is 105 Å². The van der Waals surface area contributed by atoms with Crippen LogP contribution in [0, 0.1) is 5.41 Å². The van der Waals surface area contributed by atoms with Crippen molar-refractivity contribution in [2.24, 2.45) is 5.73 Å². The summed E-state index contributed by atoms with van der Waals surface area (Å²) in [5, 5.41) is 9.54.